The smallest absolute Gasteiger partial charge is 0.254 e. The summed E-state index contributed by atoms with van der Waals surface area (Å²) in [4.78, 5) is 30.2. The Labute approximate surface area is 230 Å². The average Bonchev–Trinajstić information content (AvgIpc) is 3.42. The summed E-state index contributed by atoms with van der Waals surface area (Å²) in [5.41, 5.74) is 4.14. The lowest BCUT2D eigenvalue weighted by Crippen LogP contribution is -2.48. The molecule has 3 aromatic rings. The largest absolute Gasteiger partial charge is 0.454 e. The van der Waals surface area contributed by atoms with Gasteiger partial charge in [-0.1, -0.05) is 18.2 Å². The van der Waals surface area contributed by atoms with Crippen molar-refractivity contribution in [2.75, 3.05) is 49.4 Å². The van der Waals surface area contributed by atoms with Crippen LogP contribution in [0.5, 0.6) is 11.5 Å². The van der Waals surface area contributed by atoms with Gasteiger partial charge in [0.2, 0.25) is 12.7 Å². The Morgan fingerprint density at radius 1 is 0.923 bits per heavy atom. The van der Waals surface area contributed by atoms with Gasteiger partial charge in [-0.25, -0.2) is 4.39 Å². The zero-order valence-electron chi connectivity index (χ0n) is 21.3. The van der Waals surface area contributed by atoms with Crippen LogP contribution in [0.3, 0.4) is 0 Å². The first kappa shape index (κ1) is 25.5. The fourth-order valence-electron chi connectivity index (χ4n) is 4.96. The van der Waals surface area contributed by atoms with Gasteiger partial charge in [0, 0.05) is 49.8 Å². The summed E-state index contributed by atoms with van der Waals surface area (Å²) < 4.78 is 24.0. The monoisotopic (exact) mass is 548 g/mol. The maximum absolute atomic E-state index is 13.2. The maximum atomic E-state index is 13.2. The van der Waals surface area contributed by atoms with Crippen molar-refractivity contribution in [2.45, 2.75) is 18.3 Å². The molecule has 0 aromatic heterocycles. The van der Waals surface area contributed by atoms with E-state index < -0.39 is 0 Å². The molecule has 10 heteroatoms. The van der Waals surface area contributed by atoms with Crippen LogP contribution < -0.4 is 20.1 Å². The highest BCUT2D eigenvalue weighted by Crippen LogP contribution is 2.33. The second-order valence-corrected chi connectivity index (χ2v) is 10.9. The fourth-order valence-corrected chi connectivity index (χ4v) is 5.98. The molecule has 0 aliphatic carbocycles. The third-order valence-electron chi connectivity index (χ3n) is 7.14. The molecule has 1 atom stereocenters. The van der Waals surface area contributed by atoms with Crippen LogP contribution in [0, 0.1) is 5.82 Å². The standard InChI is InChI=1S/C29H29FN4O4S/c30-22-5-1-19(2-6-22)16-39-17-25-28(35)32-24-14-21(4-7-23(24)31-25)29(36)34-11-9-33(10-12-34)15-20-3-8-26-27(13-20)38-18-37-26/h1-8,13-14,25,31H,9-12,15-18H2,(H,32,35)/t25-/m1/s1. The Kier molecular flexibility index (Phi) is 7.30. The second-order valence-electron chi connectivity index (χ2n) is 9.84. The number of nitrogens with one attached hydrogen (secondary N) is 2. The molecule has 0 bridgehead atoms. The number of piperazine rings is 1. The number of thioether (sulfide) groups is 1. The number of halogens is 1. The number of hydrogen-bond acceptors (Lipinski definition) is 7. The van der Waals surface area contributed by atoms with Crippen molar-refractivity contribution in [1.82, 2.24) is 9.80 Å². The van der Waals surface area contributed by atoms with Gasteiger partial charge in [0.15, 0.2) is 11.5 Å². The zero-order chi connectivity index (χ0) is 26.8. The highest BCUT2D eigenvalue weighted by Gasteiger charge is 2.28. The molecule has 39 heavy (non-hydrogen) atoms. The lowest BCUT2D eigenvalue weighted by molar-refractivity contribution is -0.116. The van der Waals surface area contributed by atoms with Crippen LogP contribution in [-0.2, 0) is 17.1 Å². The Balaban J connectivity index is 1.01. The van der Waals surface area contributed by atoms with E-state index in [1.54, 1.807) is 30.0 Å². The van der Waals surface area contributed by atoms with Crippen molar-refractivity contribution in [3.05, 3.63) is 83.2 Å². The fraction of sp³-hybridized carbons (Fsp3) is 0.310. The Hall–Kier alpha value is -3.76. The van der Waals surface area contributed by atoms with Gasteiger partial charge in [0.1, 0.15) is 11.9 Å². The van der Waals surface area contributed by atoms with Gasteiger partial charge in [-0.05, 0) is 53.6 Å². The van der Waals surface area contributed by atoms with Gasteiger partial charge >= 0.3 is 0 Å². The Morgan fingerprint density at radius 2 is 1.69 bits per heavy atom. The third-order valence-corrected chi connectivity index (χ3v) is 8.25. The van der Waals surface area contributed by atoms with Crippen LogP contribution in [0.1, 0.15) is 21.5 Å². The number of carbonyl (C=O) groups is 2. The molecular formula is C29H29FN4O4S. The molecule has 0 radical (unpaired) electrons. The summed E-state index contributed by atoms with van der Waals surface area (Å²) in [5.74, 6) is 2.40. The second kappa shape index (κ2) is 11.2. The van der Waals surface area contributed by atoms with Crippen LogP contribution in [0.25, 0.3) is 0 Å². The molecule has 3 aliphatic heterocycles. The summed E-state index contributed by atoms with van der Waals surface area (Å²) in [7, 11) is 0. The summed E-state index contributed by atoms with van der Waals surface area (Å²) in [6, 6.07) is 17.4. The first-order valence-corrected chi connectivity index (χ1v) is 14.1. The molecule has 1 saturated heterocycles. The summed E-state index contributed by atoms with van der Waals surface area (Å²) in [6.07, 6.45) is 0. The van der Waals surface area contributed by atoms with Crippen LogP contribution in [0.15, 0.2) is 60.7 Å². The van der Waals surface area contributed by atoms with Crippen LogP contribution >= 0.6 is 11.8 Å². The normalized spacial score (nSPS) is 18.3. The van der Waals surface area contributed by atoms with Crippen molar-refractivity contribution < 1.29 is 23.5 Å². The first-order valence-electron chi connectivity index (χ1n) is 13.0. The predicted octanol–water partition coefficient (Wildman–Crippen LogP) is 4.18. The summed E-state index contributed by atoms with van der Waals surface area (Å²) >= 11 is 1.61. The van der Waals surface area contributed by atoms with E-state index in [4.69, 9.17) is 9.47 Å². The van der Waals surface area contributed by atoms with E-state index in [-0.39, 0.29) is 30.5 Å². The van der Waals surface area contributed by atoms with E-state index in [1.807, 2.05) is 29.2 Å². The Bertz CT molecular complexity index is 1380. The van der Waals surface area contributed by atoms with E-state index in [0.717, 1.165) is 47.9 Å². The average molecular weight is 549 g/mol. The minimum absolute atomic E-state index is 0.0354. The third kappa shape index (κ3) is 5.81. The van der Waals surface area contributed by atoms with Crippen LogP contribution in [-0.4, -0.2) is 66.4 Å². The van der Waals surface area contributed by atoms with Crippen LogP contribution in [0.4, 0.5) is 15.8 Å². The number of amides is 2. The SMILES string of the molecule is O=C1Nc2cc(C(=O)N3CCN(Cc4ccc5c(c4)OCO5)CC3)ccc2N[C@@H]1CSCc1ccc(F)cc1. The zero-order valence-corrected chi connectivity index (χ0v) is 22.1. The number of hydrogen-bond donors (Lipinski definition) is 2. The van der Waals surface area contributed by atoms with Gasteiger partial charge in [-0.15, -0.1) is 0 Å². The minimum Gasteiger partial charge on any atom is -0.454 e. The minimum atomic E-state index is -0.387. The summed E-state index contributed by atoms with van der Waals surface area (Å²) in [6.45, 7) is 3.89. The number of benzene rings is 3. The number of fused-ring (bicyclic) bond motifs is 2. The van der Waals surface area contributed by atoms with Gasteiger partial charge in [0.05, 0.1) is 11.4 Å². The molecule has 2 amide bonds. The van der Waals surface area contributed by atoms with Crippen molar-refractivity contribution in [3.63, 3.8) is 0 Å². The molecule has 3 heterocycles. The topological polar surface area (TPSA) is 83.1 Å². The van der Waals surface area contributed by atoms with Gasteiger partial charge in [-0.2, -0.15) is 11.8 Å². The molecule has 6 rings (SSSR count). The van der Waals surface area contributed by atoms with E-state index in [2.05, 4.69) is 21.6 Å². The number of nitrogens with zero attached hydrogens (tertiary/aromatic N) is 2. The molecule has 1 fully saturated rings. The highest BCUT2D eigenvalue weighted by molar-refractivity contribution is 7.98. The molecule has 3 aromatic carbocycles. The molecule has 2 N–H and O–H groups in total. The quantitative estimate of drug-likeness (QED) is 0.459. The van der Waals surface area contributed by atoms with Gasteiger partial charge in [-0.3, -0.25) is 14.5 Å². The van der Waals surface area contributed by atoms with Crippen molar-refractivity contribution >= 4 is 35.0 Å². The number of ether oxygens (including phenoxy) is 2. The molecular weight excluding hydrogens is 519 g/mol. The van der Waals surface area contributed by atoms with Crippen molar-refractivity contribution in [1.29, 1.82) is 0 Å². The van der Waals surface area contributed by atoms with Crippen molar-refractivity contribution in [3.8, 4) is 11.5 Å². The Morgan fingerprint density at radius 3 is 2.51 bits per heavy atom. The first-order chi connectivity index (χ1) is 19.0. The molecule has 0 saturated carbocycles. The van der Waals surface area contributed by atoms with E-state index in [1.165, 1.54) is 12.1 Å². The van der Waals surface area contributed by atoms with E-state index in [0.29, 0.717) is 35.8 Å². The number of rotatable bonds is 7. The molecule has 202 valence electrons. The lowest BCUT2D eigenvalue weighted by Gasteiger charge is -2.35. The van der Waals surface area contributed by atoms with Gasteiger partial charge in [0.25, 0.3) is 5.91 Å². The molecule has 3 aliphatic rings. The van der Waals surface area contributed by atoms with E-state index in [9.17, 15) is 14.0 Å². The molecule has 8 nitrogen and oxygen atoms in total. The van der Waals surface area contributed by atoms with Crippen molar-refractivity contribution in [2.24, 2.45) is 0 Å². The maximum Gasteiger partial charge on any atom is 0.254 e. The van der Waals surface area contributed by atoms with Gasteiger partial charge < -0.3 is 25.0 Å². The predicted molar refractivity (Wildman–Crippen MR) is 149 cm³/mol. The van der Waals surface area contributed by atoms with Crippen LogP contribution in [0.2, 0.25) is 0 Å². The lowest BCUT2D eigenvalue weighted by atomic mass is 10.1. The molecule has 0 spiro atoms. The number of carbonyl (C=O) groups excluding carboxylic acids is 2. The summed E-state index contributed by atoms with van der Waals surface area (Å²) in [5, 5.41) is 6.24. The number of anilines is 2. The molecule has 0 unspecified atom stereocenters. The van der Waals surface area contributed by atoms with E-state index >= 15 is 0 Å². The highest BCUT2D eigenvalue weighted by atomic mass is 32.2.